The highest BCUT2D eigenvalue weighted by atomic mass is 79.9. The predicted octanol–water partition coefficient (Wildman–Crippen LogP) is 4.54. The molecule has 26 heavy (non-hydrogen) atoms. The molecule has 1 aliphatic heterocycles. The summed E-state index contributed by atoms with van der Waals surface area (Å²) in [5.41, 5.74) is 5.53. The minimum atomic E-state index is -4.44. The van der Waals surface area contributed by atoms with Crippen LogP contribution < -0.4 is 5.73 Å². The van der Waals surface area contributed by atoms with Crippen LogP contribution in [0.15, 0.2) is 28.2 Å². The highest BCUT2D eigenvalue weighted by Gasteiger charge is 2.33. The molecule has 2 N–H and O–H groups in total. The fourth-order valence-corrected chi connectivity index (χ4v) is 4.56. The molecule has 2 aromatic rings. The van der Waals surface area contributed by atoms with Crippen LogP contribution in [-0.4, -0.2) is 34.9 Å². The first-order chi connectivity index (χ1) is 12.3. The molecule has 1 saturated heterocycles. The molecule has 0 bridgehead atoms. The largest absolute Gasteiger partial charge is 0.416 e. The summed E-state index contributed by atoms with van der Waals surface area (Å²) in [6, 6.07) is 4.89. The predicted molar refractivity (Wildman–Crippen MR) is 98.0 cm³/mol. The van der Waals surface area contributed by atoms with Crippen molar-refractivity contribution >= 4 is 33.2 Å². The SMILES string of the molecule is NC[C@@H]1CCCCN1C(=O)c1nc(Br)sc1-c1cccc(C(F)(F)F)c1. The maximum Gasteiger partial charge on any atom is 0.416 e. The number of rotatable bonds is 3. The van der Waals surface area contributed by atoms with Crippen molar-refractivity contribution in [2.75, 3.05) is 13.1 Å². The average Bonchev–Trinajstić information content (AvgIpc) is 3.02. The standard InChI is InChI=1S/C17H17BrF3N3OS/c18-16-23-13(15(25)24-7-2-1-6-12(24)9-22)14(26-16)10-4-3-5-11(8-10)17(19,20)21/h3-5,8,12H,1-2,6-7,9,22H2/t12-/m0/s1. The van der Waals surface area contributed by atoms with Gasteiger partial charge in [0.1, 0.15) is 5.69 Å². The molecule has 1 amide bonds. The fraction of sp³-hybridized carbons (Fsp3) is 0.412. The Kier molecular flexibility index (Phi) is 5.69. The lowest BCUT2D eigenvalue weighted by Crippen LogP contribution is -2.47. The molecular weight excluding hydrogens is 431 g/mol. The van der Waals surface area contributed by atoms with E-state index in [1.807, 2.05) is 0 Å². The molecule has 0 aliphatic carbocycles. The van der Waals surface area contributed by atoms with Crippen molar-refractivity contribution in [1.82, 2.24) is 9.88 Å². The third kappa shape index (κ3) is 3.94. The van der Waals surface area contributed by atoms with E-state index in [1.165, 1.54) is 6.07 Å². The van der Waals surface area contributed by atoms with Crippen molar-refractivity contribution in [1.29, 1.82) is 0 Å². The monoisotopic (exact) mass is 447 g/mol. The Balaban J connectivity index is 2.00. The summed E-state index contributed by atoms with van der Waals surface area (Å²) in [7, 11) is 0. The zero-order valence-corrected chi connectivity index (χ0v) is 16.1. The number of halogens is 4. The van der Waals surface area contributed by atoms with Crippen LogP contribution in [0.25, 0.3) is 10.4 Å². The van der Waals surface area contributed by atoms with Crippen molar-refractivity contribution in [2.24, 2.45) is 5.73 Å². The molecule has 3 rings (SSSR count). The number of carbonyl (C=O) groups is 1. The summed E-state index contributed by atoms with van der Waals surface area (Å²) in [6.07, 6.45) is -1.73. The molecule has 0 spiro atoms. The summed E-state index contributed by atoms with van der Waals surface area (Å²) in [5, 5.41) is 0. The van der Waals surface area contributed by atoms with Gasteiger partial charge in [0.15, 0.2) is 3.92 Å². The molecule has 9 heteroatoms. The number of hydrogen-bond acceptors (Lipinski definition) is 4. The second kappa shape index (κ2) is 7.66. The van der Waals surface area contributed by atoms with Gasteiger partial charge in [-0.15, -0.1) is 11.3 Å². The topological polar surface area (TPSA) is 59.2 Å². The first-order valence-electron chi connectivity index (χ1n) is 8.16. The van der Waals surface area contributed by atoms with Gasteiger partial charge in [-0.3, -0.25) is 4.79 Å². The molecular formula is C17H17BrF3N3OS. The summed E-state index contributed by atoms with van der Waals surface area (Å²) < 4.78 is 39.5. The van der Waals surface area contributed by atoms with Gasteiger partial charge >= 0.3 is 6.18 Å². The van der Waals surface area contributed by atoms with Gasteiger partial charge < -0.3 is 10.6 Å². The van der Waals surface area contributed by atoms with Crippen LogP contribution >= 0.6 is 27.3 Å². The Bertz CT molecular complexity index is 809. The number of piperidine rings is 1. The summed E-state index contributed by atoms with van der Waals surface area (Å²) in [6.45, 7) is 0.938. The number of thiazole rings is 1. The second-order valence-corrected chi connectivity index (χ2v) is 8.38. The number of alkyl halides is 3. The van der Waals surface area contributed by atoms with Crippen molar-refractivity contribution in [3.05, 3.63) is 39.4 Å². The van der Waals surface area contributed by atoms with Gasteiger partial charge in [-0.25, -0.2) is 4.98 Å². The summed E-state index contributed by atoms with van der Waals surface area (Å²) >= 11 is 4.40. The first kappa shape index (κ1) is 19.3. The Morgan fingerprint density at radius 3 is 2.85 bits per heavy atom. The Morgan fingerprint density at radius 2 is 2.15 bits per heavy atom. The van der Waals surface area contributed by atoms with Crippen LogP contribution in [0.3, 0.4) is 0 Å². The second-order valence-electron chi connectivity index (χ2n) is 6.11. The molecule has 1 aliphatic rings. The Labute approximate surface area is 161 Å². The molecule has 140 valence electrons. The van der Waals surface area contributed by atoms with E-state index in [-0.39, 0.29) is 17.6 Å². The Hall–Kier alpha value is -1.45. The molecule has 0 radical (unpaired) electrons. The summed E-state index contributed by atoms with van der Waals surface area (Å²) in [4.78, 5) is 19.4. The highest BCUT2D eigenvalue weighted by Crippen LogP contribution is 2.37. The van der Waals surface area contributed by atoms with Crippen LogP contribution in [-0.2, 0) is 6.18 Å². The molecule has 1 aromatic heterocycles. The van der Waals surface area contributed by atoms with E-state index >= 15 is 0 Å². The van der Waals surface area contributed by atoms with Gasteiger partial charge in [-0.1, -0.05) is 12.1 Å². The third-order valence-electron chi connectivity index (χ3n) is 4.42. The van der Waals surface area contributed by atoms with Gasteiger partial charge in [-0.05, 0) is 52.9 Å². The fourth-order valence-electron chi connectivity index (χ4n) is 3.12. The van der Waals surface area contributed by atoms with Gasteiger partial charge in [0, 0.05) is 19.1 Å². The molecule has 4 nitrogen and oxygen atoms in total. The lowest BCUT2D eigenvalue weighted by molar-refractivity contribution is -0.137. The van der Waals surface area contributed by atoms with E-state index in [1.54, 1.807) is 11.0 Å². The summed E-state index contributed by atoms with van der Waals surface area (Å²) in [5.74, 6) is -0.283. The van der Waals surface area contributed by atoms with Crippen LogP contribution in [0, 0.1) is 0 Å². The van der Waals surface area contributed by atoms with Crippen LogP contribution in [0.1, 0.15) is 35.3 Å². The van der Waals surface area contributed by atoms with Gasteiger partial charge in [0.2, 0.25) is 0 Å². The molecule has 1 aromatic carbocycles. The smallest absolute Gasteiger partial charge is 0.333 e. The van der Waals surface area contributed by atoms with E-state index in [4.69, 9.17) is 5.73 Å². The van der Waals surface area contributed by atoms with Gasteiger partial charge in [-0.2, -0.15) is 13.2 Å². The third-order valence-corrected chi connectivity index (χ3v) is 5.97. The van der Waals surface area contributed by atoms with Crippen LogP contribution in [0.4, 0.5) is 13.2 Å². The maximum absolute atomic E-state index is 13.0. The maximum atomic E-state index is 13.0. The van der Waals surface area contributed by atoms with Gasteiger partial charge in [0.05, 0.1) is 10.4 Å². The van der Waals surface area contributed by atoms with Crippen LogP contribution in [0.5, 0.6) is 0 Å². The zero-order valence-electron chi connectivity index (χ0n) is 13.7. The first-order valence-corrected chi connectivity index (χ1v) is 9.77. The molecule has 1 fully saturated rings. The number of aromatic nitrogens is 1. The lowest BCUT2D eigenvalue weighted by Gasteiger charge is -2.34. The van der Waals surface area contributed by atoms with E-state index < -0.39 is 11.7 Å². The van der Waals surface area contributed by atoms with E-state index in [9.17, 15) is 18.0 Å². The zero-order chi connectivity index (χ0) is 18.9. The quantitative estimate of drug-likeness (QED) is 0.750. The molecule has 0 saturated carbocycles. The highest BCUT2D eigenvalue weighted by molar-refractivity contribution is 9.11. The number of nitrogens with two attached hydrogens (primary N) is 1. The van der Waals surface area contributed by atoms with Crippen molar-refractivity contribution in [3.63, 3.8) is 0 Å². The number of carbonyl (C=O) groups excluding carboxylic acids is 1. The molecule has 1 atom stereocenters. The number of hydrogen-bond donors (Lipinski definition) is 1. The minimum absolute atomic E-state index is 0.0638. The molecule has 0 unspecified atom stereocenters. The van der Waals surface area contributed by atoms with Crippen LogP contribution in [0.2, 0.25) is 0 Å². The number of amides is 1. The molecule has 2 heterocycles. The van der Waals surface area contributed by atoms with Gasteiger partial charge in [0.25, 0.3) is 5.91 Å². The van der Waals surface area contributed by atoms with Crippen molar-refractivity contribution < 1.29 is 18.0 Å². The lowest BCUT2D eigenvalue weighted by atomic mass is 10.0. The average molecular weight is 448 g/mol. The minimum Gasteiger partial charge on any atom is -0.333 e. The number of benzene rings is 1. The van der Waals surface area contributed by atoms with Crippen molar-refractivity contribution in [2.45, 2.75) is 31.5 Å². The normalized spacial score (nSPS) is 18.2. The van der Waals surface area contributed by atoms with Crippen molar-refractivity contribution in [3.8, 4) is 10.4 Å². The number of nitrogens with zero attached hydrogens (tertiary/aromatic N) is 2. The van der Waals surface area contributed by atoms with E-state index in [0.717, 1.165) is 42.7 Å². The Morgan fingerprint density at radius 1 is 1.38 bits per heavy atom. The van der Waals surface area contributed by atoms with E-state index in [2.05, 4.69) is 20.9 Å². The number of likely N-dealkylation sites (tertiary alicyclic amines) is 1. The van der Waals surface area contributed by atoms with E-state index in [0.29, 0.717) is 27.4 Å².